The molecule has 0 fully saturated rings. The van der Waals surface area contributed by atoms with Gasteiger partial charge in [0.1, 0.15) is 11.4 Å². The van der Waals surface area contributed by atoms with Crippen LogP contribution in [0.2, 0.25) is 0 Å². The largest absolute Gasteiger partial charge is 0.497 e. The fourth-order valence-electron chi connectivity index (χ4n) is 1.44. The molecule has 102 valence electrons. The van der Waals surface area contributed by atoms with Crippen LogP contribution in [0.3, 0.4) is 0 Å². The zero-order valence-electron chi connectivity index (χ0n) is 9.74. The highest BCUT2D eigenvalue weighted by molar-refractivity contribution is 5.60. The van der Waals surface area contributed by atoms with Crippen LogP contribution < -0.4 is 4.74 Å². The minimum absolute atomic E-state index is 0.0537. The van der Waals surface area contributed by atoms with Crippen molar-refractivity contribution in [1.29, 1.82) is 0 Å². The molecule has 0 atom stereocenters. The van der Waals surface area contributed by atoms with Gasteiger partial charge in [0, 0.05) is 11.6 Å². The van der Waals surface area contributed by atoms with Gasteiger partial charge in [-0.05, 0) is 24.3 Å². The molecule has 3 nitrogen and oxygen atoms in total. The minimum Gasteiger partial charge on any atom is -0.497 e. The Morgan fingerprint density at radius 1 is 1.21 bits per heavy atom. The predicted octanol–water partition coefficient (Wildman–Crippen LogP) is 3.71. The molecule has 0 bridgehead atoms. The van der Waals surface area contributed by atoms with Crippen LogP contribution in [-0.4, -0.2) is 18.7 Å². The van der Waals surface area contributed by atoms with Gasteiger partial charge in [-0.1, -0.05) is 5.16 Å². The van der Waals surface area contributed by atoms with E-state index >= 15 is 0 Å². The van der Waals surface area contributed by atoms with Crippen molar-refractivity contribution < 1.29 is 26.8 Å². The predicted molar refractivity (Wildman–Crippen MR) is 58.4 cm³/mol. The molecule has 0 aliphatic rings. The van der Waals surface area contributed by atoms with Gasteiger partial charge in [0.05, 0.1) is 7.11 Å². The Labute approximate surface area is 105 Å². The summed E-state index contributed by atoms with van der Waals surface area (Å²) in [4.78, 5) is 0. The van der Waals surface area contributed by atoms with Gasteiger partial charge < -0.3 is 9.26 Å². The first-order valence-corrected chi connectivity index (χ1v) is 5.22. The third kappa shape index (κ3) is 2.54. The SMILES string of the molecule is COc1ccc(-c2cc(C(F)(F)C(F)F)on2)cc1. The van der Waals surface area contributed by atoms with E-state index in [2.05, 4.69) is 9.68 Å². The number of benzene rings is 1. The number of alkyl halides is 4. The van der Waals surface area contributed by atoms with Gasteiger partial charge in [-0.3, -0.25) is 0 Å². The van der Waals surface area contributed by atoms with E-state index in [-0.39, 0.29) is 5.69 Å². The topological polar surface area (TPSA) is 35.3 Å². The molecule has 1 aromatic carbocycles. The van der Waals surface area contributed by atoms with Crippen molar-refractivity contribution >= 4 is 0 Å². The number of ether oxygens (including phenoxy) is 1. The summed E-state index contributed by atoms with van der Waals surface area (Å²) in [5.74, 6) is -4.93. The molecule has 0 aliphatic carbocycles. The molecular formula is C12H9F4NO2. The van der Waals surface area contributed by atoms with E-state index < -0.39 is 18.1 Å². The second-order valence-corrected chi connectivity index (χ2v) is 3.73. The van der Waals surface area contributed by atoms with E-state index in [1.807, 2.05) is 0 Å². The van der Waals surface area contributed by atoms with Crippen molar-refractivity contribution in [3.05, 3.63) is 36.1 Å². The molecule has 7 heteroatoms. The Hall–Kier alpha value is -2.05. The number of rotatable bonds is 4. The third-order valence-corrected chi connectivity index (χ3v) is 2.50. The number of hydrogen-bond acceptors (Lipinski definition) is 3. The highest BCUT2D eigenvalue weighted by Gasteiger charge is 2.46. The molecule has 1 heterocycles. The normalized spacial score (nSPS) is 11.9. The number of methoxy groups -OCH3 is 1. The zero-order chi connectivity index (χ0) is 14.0. The van der Waals surface area contributed by atoms with E-state index in [0.29, 0.717) is 11.3 Å². The Bertz CT molecular complexity index is 551. The molecule has 0 aliphatic heterocycles. The molecule has 19 heavy (non-hydrogen) atoms. The van der Waals surface area contributed by atoms with E-state index in [1.54, 1.807) is 24.3 Å². The van der Waals surface area contributed by atoms with Crippen molar-refractivity contribution in [2.24, 2.45) is 0 Å². The Morgan fingerprint density at radius 3 is 2.37 bits per heavy atom. The average molecular weight is 275 g/mol. The summed E-state index contributed by atoms with van der Waals surface area (Å²) in [5.41, 5.74) is 0.513. The fourth-order valence-corrected chi connectivity index (χ4v) is 1.44. The Kier molecular flexibility index (Phi) is 3.46. The fraction of sp³-hybridized carbons (Fsp3) is 0.250. The van der Waals surface area contributed by atoms with Crippen LogP contribution in [0.5, 0.6) is 5.75 Å². The van der Waals surface area contributed by atoms with Crippen LogP contribution in [0.25, 0.3) is 11.3 Å². The molecular weight excluding hydrogens is 266 g/mol. The van der Waals surface area contributed by atoms with Gasteiger partial charge in [0.2, 0.25) is 5.76 Å². The lowest BCUT2D eigenvalue weighted by atomic mass is 10.1. The molecule has 0 unspecified atom stereocenters. The van der Waals surface area contributed by atoms with Gasteiger partial charge in [-0.2, -0.15) is 8.78 Å². The molecule has 0 saturated heterocycles. The molecule has 0 amide bonds. The van der Waals surface area contributed by atoms with Crippen molar-refractivity contribution in [2.45, 2.75) is 12.3 Å². The third-order valence-electron chi connectivity index (χ3n) is 2.50. The smallest absolute Gasteiger partial charge is 0.366 e. The first-order chi connectivity index (χ1) is 8.95. The second-order valence-electron chi connectivity index (χ2n) is 3.73. The van der Waals surface area contributed by atoms with Gasteiger partial charge in [0.25, 0.3) is 0 Å². The highest BCUT2D eigenvalue weighted by atomic mass is 19.3. The average Bonchev–Trinajstić information content (AvgIpc) is 2.89. The van der Waals surface area contributed by atoms with Crippen LogP contribution in [-0.2, 0) is 5.92 Å². The maximum absolute atomic E-state index is 13.0. The van der Waals surface area contributed by atoms with Gasteiger partial charge in [-0.25, -0.2) is 8.78 Å². The molecule has 0 saturated carbocycles. The van der Waals surface area contributed by atoms with Gasteiger partial charge in [0.15, 0.2) is 0 Å². The summed E-state index contributed by atoms with van der Waals surface area (Å²) in [6, 6.07) is 7.10. The molecule has 0 radical (unpaired) electrons. The van der Waals surface area contributed by atoms with Crippen LogP contribution in [0, 0.1) is 0 Å². The zero-order valence-corrected chi connectivity index (χ0v) is 9.74. The van der Waals surface area contributed by atoms with Crippen LogP contribution >= 0.6 is 0 Å². The number of nitrogens with zero attached hydrogens (tertiary/aromatic N) is 1. The summed E-state index contributed by atoms with van der Waals surface area (Å²) >= 11 is 0. The summed E-state index contributed by atoms with van der Waals surface area (Å²) < 4.78 is 59.6. The lowest BCUT2D eigenvalue weighted by Crippen LogP contribution is -2.22. The lowest BCUT2D eigenvalue weighted by Gasteiger charge is -2.09. The second kappa shape index (κ2) is 4.91. The van der Waals surface area contributed by atoms with Crippen LogP contribution in [0.15, 0.2) is 34.9 Å². The molecule has 2 aromatic rings. The van der Waals surface area contributed by atoms with Crippen LogP contribution in [0.1, 0.15) is 5.76 Å². The molecule has 0 N–H and O–H groups in total. The van der Waals surface area contributed by atoms with E-state index in [4.69, 9.17) is 4.74 Å². The number of halogens is 4. The first-order valence-electron chi connectivity index (χ1n) is 5.22. The Balaban J connectivity index is 2.30. The van der Waals surface area contributed by atoms with Gasteiger partial charge >= 0.3 is 12.3 Å². The van der Waals surface area contributed by atoms with E-state index in [1.165, 1.54) is 7.11 Å². The van der Waals surface area contributed by atoms with E-state index in [9.17, 15) is 17.6 Å². The lowest BCUT2D eigenvalue weighted by molar-refractivity contribution is -0.149. The maximum atomic E-state index is 13.0. The van der Waals surface area contributed by atoms with Crippen molar-refractivity contribution in [2.75, 3.05) is 7.11 Å². The number of hydrogen-bond donors (Lipinski definition) is 0. The summed E-state index contributed by atoms with van der Waals surface area (Å²) in [6.45, 7) is 0. The quantitative estimate of drug-likeness (QED) is 0.798. The standard InChI is InChI=1S/C12H9F4NO2/c1-18-8-4-2-7(3-5-8)9-6-10(19-17-9)12(15,16)11(13)14/h2-6,11H,1H3. The van der Waals surface area contributed by atoms with Crippen molar-refractivity contribution in [3.8, 4) is 17.0 Å². The molecule has 1 aromatic heterocycles. The van der Waals surface area contributed by atoms with Crippen molar-refractivity contribution in [3.63, 3.8) is 0 Å². The Morgan fingerprint density at radius 2 is 1.84 bits per heavy atom. The monoisotopic (exact) mass is 275 g/mol. The van der Waals surface area contributed by atoms with Crippen LogP contribution in [0.4, 0.5) is 17.6 Å². The van der Waals surface area contributed by atoms with Crippen molar-refractivity contribution in [1.82, 2.24) is 5.16 Å². The highest BCUT2D eigenvalue weighted by Crippen LogP contribution is 2.36. The maximum Gasteiger partial charge on any atom is 0.366 e. The first kappa shape index (κ1) is 13.4. The summed E-state index contributed by atoms with van der Waals surface area (Å²) in [6.07, 6.45) is -3.84. The van der Waals surface area contributed by atoms with Gasteiger partial charge in [-0.15, -0.1) is 0 Å². The summed E-state index contributed by atoms with van der Waals surface area (Å²) in [5, 5.41) is 3.36. The van der Waals surface area contributed by atoms with E-state index in [0.717, 1.165) is 6.07 Å². The molecule has 0 spiro atoms. The number of aromatic nitrogens is 1. The summed E-state index contributed by atoms with van der Waals surface area (Å²) in [7, 11) is 1.48. The minimum atomic E-state index is -4.35. The molecule has 2 rings (SSSR count).